The SMILES string of the molecule is Cc1cc(C(=O)N2CCC3C(=O)N(Cc4ccc(F)cc4)CCN3CC2)nn1C. The van der Waals surface area contributed by atoms with Gasteiger partial charge in [0.25, 0.3) is 5.91 Å². The van der Waals surface area contributed by atoms with Crippen molar-refractivity contribution in [3.05, 3.63) is 53.1 Å². The Morgan fingerprint density at radius 1 is 1.14 bits per heavy atom. The van der Waals surface area contributed by atoms with Crippen LogP contribution in [0.2, 0.25) is 0 Å². The van der Waals surface area contributed by atoms with E-state index in [0.717, 1.165) is 17.8 Å². The second kappa shape index (κ2) is 7.94. The summed E-state index contributed by atoms with van der Waals surface area (Å²) in [4.78, 5) is 31.7. The number of halogens is 1. The standard InChI is InChI=1S/C21H26FN5O2/c1-15-13-18(23-24(15)2)20(28)26-8-7-19-21(29)27(12-10-25(19)9-11-26)14-16-3-5-17(22)6-4-16/h3-6,13,19H,7-12,14H2,1-2H3. The Hall–Kier alpha value is -2.74. The zero-order valence-corrected chi connectivity index (χ0v) is 16.8. The van der Waals surface area contributed by atoms with Gasteiger partial charge in [0.2, 0.25) is 5.91 Å². The normalized spacial score (nSPS) is 20.5. The fourth-order valence-electron chi connectivity index (χ4n) is 4.09. The van der Waals surface area contributed by atoms with E-state index in [4.69, 9.17) is 0 Å². The van der Waals surface area contributed by atoms with Crippen molar-refractivity contribution in [2.45, 2.75) is 25.9 Å². The van der Waals surface area contributed by atoms with E-state index in [1.165, 1.54) is 12.1 Å². The highest BCUT2D eigenvalue weighted by atomic mass is 19.1. The number of benzene rings is 1. The topological polar surface area (TPSA) is 61.7 Å². The van der Waals surface area contributed by atoms with Crippen molar-refractivity contribution in [2.75, 3.05) is 32.7 Å². The molecular weight excluding hydrogens is 373 g/mol. The molecule has 2 aliphatic heterocycles. The van der Waals surface area contributed by atoms with Crippen molar-refractivity contribution in [3.8, 4) is 0 Å². The number of piperazine rings is 1. The highest BCUT2D eigenvalue weighted by molar-refractivity contribution is 5.92. The molecule has 0 saturated carbocycles. The van der Waals surface area contributed by atoms with Crippen LogP contribution in [-0.2, 0) is 18.4 Å². The fourth-order valence-corrected chi connectivity index (χ4v) is 4.09. The summed E-state index contributed by atoms with van der Waals surface area (Å²) < 4.78 is 14.8. The van der Waals surface area contributed by atoms with Gasteiger partial charge in [-0.15, -0.1) is 0 Å². The first-order chi connectivity index (χ1) is 13.9. The summed E-state index contributed by atoms with van der Waals surface area (Å²) in [5, 5.41) is 4.30. The molecule has 2 fully saturated rings. The summed E-state index contributed by atoms with van der Waals surface area (Å²) in [5.41, 5.74) is 2.31. The van der Waals surface area contributed by atoms with Crippen LogP contribution in [0.25, 0.3) is 0 Å². The molecule has 0 radical (unpaired) electrons. The first-order valence-electron chi connectivity index (χ1n) is 9.99. The average molecular weight is 399 g/mol. The number of carbonyl (C=O) groups excluding carboxylic acids is 2. The maximum atomic E-state index is 13.1. The smallest absolute Gasteiger partial charge is 0.274 e. The number of hydrogen-bond donors (Lipinski definition) is 0. The molecule has 1 atom stereocenters. The molecule has 1 unspecified atom stereocenters. The van der Waals surface area contributed by atoms with E-state index in [2.05, 4.69) is 10.00 Å². The van der Waals surface area contributed by atoms with Crippen LogP contribution in [-0.4, -0.2) is 75.1 Å². The lowest BCUT2D eigenvalue weighted by atomic mass is 10.1. The molecule has 1 aromatic carbocycles. The molecular formula is C21H26FN5O2. The number of fused-ring (bicyclic) bond motifs is 1. The predicted octanol–water partition coefficient (Wildman–Crippen LogP) is 1.43. The van der Waals surface area contributed by atoms with Crippen LogP contribution in [0.15, 0.2) is 30.3 Å². The van der Waals surface area contributed by atoms with Crippen LogP contribution in [0.3, 0.4) is 0 Å². The zero-order valence-electron chi connectivity index (χ0n) is 16.8. The number of aryl methyl sites for hydroxylation is 2. The van der Waals surface area contributed by atoms with Crippen LogP contribution in [0.1, 0.15) is 28.2 Å². The van der Waals surface area contributed by atoms with E-state index in [1.807, 2.05) is 18.9 Å². The van der Waals surface area contributed by atoms with Crippen LogP contribution in [0.5, 0.6) is 0 Å². The van der Waals surface area contributed by atoms with Gasteiger partial charge in [-0.1, -0.05) is 12.1 Å². The van der Waals surface area contributed by atoms with E-state index >= 15 is 0 Å². The summed E-state index contributed by atoms with van der Waals surface area (Å²) in [5.74, 6) is -0.269. The van der Waals surface area contributed by atoms with Crippen molar-refractivity contribution in [1.82, 2.24) is 24.5 Å². The van der Waals surface area contributed by atoms with Gasteiger partial charge in [0.15, 0.2) is 5.69 Å². The molecule has 8 heteroatoms. The molecule has 0 bridgehead atoms. The minimum absolute atomic E-state index is 0.0795. The molecule has 0 aliphatic carbocycles. The summed E-state index contributed by atoms with van der Waals surface area (Å²) in [6.07, 6.45) is 0.607. The van der Waals surface area contributed by atoms with Gasteiger partial charge in [-0.2, -0.15) is 5.10 Å². The third kappa shape index (κ3) is 4.03. The fraction of sp³-hybridized carbons (Fsp3) is 0.476. The first-order valence-corrected chi connectivity index (χ1v) is 9.99. The Morgan fingerprint density at radius 3 is 2.55 bits per heavy atom. The minimum atomic E-state index is -0.276. The number of rotatable bonds is 3. The summed E-state index contributed by atoms with van der Waals surface area (Å²) in [6, 6.07) is 7.87. The Kier molecular flexibility index (Phi) is 5.36. The lowest BCUT2D eigenvalue weighted by Gasteiger charge is -2.39. The van der Waals surface area contributed by atoms with E-state index in [9.17, 15) is 14.0 Å². The Labute approximate surface area is 169 Å². The van der Waals surface area contributed by atoms with Gasteiger partial charge in [0.1, 0.15) is 5.82 Å². The Balaban J connectivity index is 1.42. The maximum Gasteiger partial charge on any atom is 0.274 e. The van der Waals surface area contributed by atoms with Gasteiger partial charge in [-0.05, 0) is 37.1 Å². The van der Waals surface area contributed by atoms with Gasteiger partial charge in [0, 0.05) is 52.0 Å². The molecule has 4 rings (SSSR count). The van der Waals surface area contributed by atoms with Gasteiger partial charge in [-0.25, -0.2) is 4.39 Å². The van der Waals surface area contributed by atoms with Crippen LogP contribution in [0, 0.1) is 12.7 Å². The van der Waals surface area contributed by atoms with E-state index in [1.54, 1.807) is 27.8 Å². The van der Waals surface area contributed by atoms with Gasteiger partial charge in [0.05, 0.1) is 6.04 Å². The number of carbonyl (C=O) groups is 2. The monoisotopic (exact) mass is 399 g/mol. The molecule has 29 heavy (non-hydrogen) atoms. The van der Waals surface area contributed by atoms with Crippen molar-refractivity contribution < 1.29 is 14.0 Å². The second-order valence-electron chi connectivity index (χ2n) is 7.81. The molecule has 2 saturated heterocycles. The number of nitrogens with zero attached hydrogens (tertiary/aromatic N) is 5. The van der Waals surface area contributed by atoms with Crippen LogP contribution in [0.4, 0.5) is 4.39 Å². The van der Waals surface area contributed by atoms with Crippen molar-refractivity contribution in [3.63, 3.8) is 0 Å². The van der Waals surface area contributed by atoms with Crippen molar-refractivity contribution in [2.24, 2.45) is 7.05 Å². The van der Waals surface area contributed by atoms with E-state index in [-0.39, 0.29) is 23.7 Å². The Morgan fingerprint density at radius 2 is 1.86 bits per heavy atom. The van der Waals surface area contributed by atoms with Crippen LogP contribution >= 0.6 is 0 Å². The summed E-state index contributed by atoms with van der Waals surface area (Å²) >= 11 is 0. The third-order valence-corrected chi connectivity index (χ3v) is 5.93. The summed E-state index contributed by atoms with van der Waals surface area (Å²) in [6.45, 7) is 5.63. The molecule has 2 aliphatic rings. The number of hydrogen-bond acceptors (Lipinski definition) is 4. The molecule has 1 aromatic heterocycles. The van der Waals surface area contributed by atoms with Crippen molar-refractivity contribution >= 4 is 11.8 Å². The quantitative estimate of drug-likeness (QED) is 0.783. The second-order valence-corrected chi connectivity index (χ2v) is 7.81. The zero-order chi connectivity index (χ0) is 20.5. The molecule has 0 N–H and O–H groups in total. The Bertz CT molecular complexity index is 891. The summed E-state index contributed by atoms with van der Waals surface area (Å²) in [7, 11) is 1.82. The van der Waals surface area contributed by atoms with Gasteiger partial charge in [-0.3, -0.25) is 19.2 Å². The molecule has 154 valence electrons. The van der Waals surface area contributed by atoms with Crippen LogP contribution < -0.4 is 0 Å². The molecule has 3 heterocycles. The van der Waals surface area contributed by atoms with E-state index in [0.29, 0.717) is 44.8 Å². The lowest BCUT2D eigenvalue weighted by molar-refractivity contribution is -0.142. The maximum absolute atomic E-state index is 13.1. The highest BCUT2D eigenvalue weighted by Crippen LogP contribution is 2.21. The molecule has 2 amide bonds. The largest absolute Gasteiger partial charge is 0.336 e. The number of amides is 2. The highest BCUT2D eigenvalue weighted by Gasteiger charge is 2.37. The molecule has 2 aromatic rings. The van der Waals surface area contributed by atoms with Gasteiger partial charge >= 0.3 is 0 Å². The first kappa shape index (κ1) is 19.6. The van der Waals surface area contributed by atoms with Gasteiger partial charge < -0.3 is 9.80 Å². The third-order valence-electron chi connectivity index (χ3n) is 5.93. The van der Waals surface area contributed by atoms with Crippen molar-refractivity contribution in [1.29, 1.82) is 0 Å². The minimum Gasteiger partial charge on any atom is -0.336 e. The average Bonchev–Trinajstić information content (AvgIpc) is 2.91. The predicted molar refractivity (Wildman–Crippen MR) is 106 cm³/mol. The van der Waals surface area contributed by atoms with E-state index < -0.39 is 0 Å². The number of aromatic nitrogens is 2. The molecule has 0 spiro atoms. The molecule has 7 nitrogen and oxygen atoms in total. The lowest BCUT2D eigenvalue weighted by Crippen LogP contribution is -2.56.